The lowest BCUT2D eigenvalue weighted by molar-refractivity contribution is -0.385. The van der Waals surface area contributed by atoms with Crippen LogP contribution < -0.4 is 0 Å². The minimum atomic E-state index is -2.98. The molecule has 0 aliphatic rings. The van der Waals surface area contributed by atoms with Crippen LogP contribution in [0.1, 0.15) is 17.7 Å². The molecular formula is C7H2ClF2N3O2. The van der Waals surface area contributed by atoms with Crippen LogP contribution >= 0.6 is 11.6 Å². The highest BCUT2D eigenvalue weighted by atomic mass is 35.5. The third-order valence-electron chi connectivity index (χ3n) is 1.54. The van der Waals surface area contributed by atoms with Crippen LogP contribution in [-0.4, -0.2) is 9.91 Å². The topological polar surface area (TPSA) is 79.8 Å². The zero-order valence-corrected chi connectivity index (χ0v) is 7.70. The van der Waals surface area contributed by atoms with E-state index in [9.17, 15) is 18.9 Å². The Balaban J connectivity index is 3.48. The number of nitriles is 1. The molecule has 0 saturated heterocycles. The summed E-state index contributed by atoms with van der Waals surface area (Å²) >= 11 is 5.38. The first-order valence-corrected chi connectivity index (χ1v) is 3.87. The molecule has 8 heteroatoms. The first-order chi connectivity index (χ1) is 6.99. The van der Waals surface area contributed by atoms with Crippen LogP contribution in [0.3, 0.4) is 0 Å². The number of alkyl halides is 2. The first kappa shape index (κ1) is 11.3. The third kappa shape index (κ3) is 1.99. The molecular weight excluding hydrogens is 232 g/mol. The maximum atomic E-state index is 12.3. The van der Waals surface area contributed by atoms with Crippen LogP contribution in [0.4, 0.5) is 14.5 Å². The van der Waals surface area contributed by atoms with E-state index in [1.54, 1.807) is 0 Å². The number of hydrogen-bond donors (Lipinski definition) is 0. The number of nitro groups is 1. The molecule has 5 nitrogen and oxygen atoms in total. The van der Waals surface area contributed by atoms with E-state index >= 15 is 0 Å². The molecule has 78 valence electrons. The number of aromatic nitrogens is 1. The molecule has 0 N–H and O–H groups in total. The summed E-state index contributed by atoms with van der Waals surface area (Å²) in [5.74, 6) is 0. The lowest BCUT2D eigenvalue weighted by Crippen LogP contribution is -1.99. The Kier molecular flexibility index (Phi) is 3.11. The monoisotopic (exact) mass is 233 g/mol. The van der Waals surface area contributed by atoms with Crippen molar-refractivity contribution in [2.45, 2.75) is 6.43 Å². The van der Waals surface area contributed by atoms with E-state index in [0.717, 1.165) is 0 Å². The van der Waals surface area contributed by atoms with Crippen LogP contribution in [0.15, 0.2) is 6.20 Å². The summed E-state index contributed by atoms with van der Waals surface area (Å²) in [5, 5.41) is 18.2. The molecule has 0 aliphatic heterocycles. The molecule has 0 fully saturated rings. The normalized spacial score (nSPS) is 10.1. The second-order valence-electron chi connectivity index (χ2n) is 2.39. The number of halogens is 3. The summed E-state index contributed by atoms with van der Waals surface area (Å²) < 4.78 is 24.5. The van der Waals surface area contributed by atoms with Gasteiger partial charge in [-0.1, -0.05) is 11.6 Å². The van der Waals surface area contributed by atoms with Gasteiger partial charge in [-0.2, -0.15) is 5.26 Å². The predicted octanol–water partition coefficient (Wildman–Crippen LogP) is 2.45. The number of rotatable bonds is 2. The van der Waals surface area contributed by atoms with Crippen molar-refractivity contribution in [3.63, 3.8) is 0 Å². The predicted molar refractivity (Wildman–Crippen MR) is 45.6 cm³/mol. The Morgan fingerprint density at radius 3 is 2.67 bits per heavy atom. The number of pyridine rings is 1. The van der Waals surface area contributed by atoms with Crippen LogP contribution in [0.5, 0.6) is 0 Å². The molecule has 0 aliphatic carbocycles. The Labute approximate surface area is 87.1 Å². The summed E-state index contributed by atoms with van der Waals surface area (Å²) in [7, 11) is 0. The van der Waals surface area contributed by atoms with E-state index < -0.39 is 33.3 Å². The largest absolute Gasteiger partial charge is 0.306 e. The van der Waals surface area contributed by atoms with Crippen molar-refractivity contribution >= 4 is 17.3 Å². The van der Waals surface area contributed by atoms with Crippen molar-refractivity contribution in [1.82, 2.24) is 4.98 Å². The van der Waals surface area contributed by atoms with Gasteiger partial charge in [-0.25, -0.2) is 13.8 Å². The lowest BCUT2D eigenvalue weighted by Gasteiger charge is -2.03. The van der Waals surface area contributed by atoms with Crippen LogP contribution in [0, 0.1) is 21.4 Å². The van der Waals surface area contributed by atoms with Gasteiger partial charge in [0.05, 0.1) is 9.95 Å². The minimum absolute atomic E-state index is 0.589. The van der Waals surface area contributed by atoms with Gasteiger partial charge in [-0.3, -0.25) is 10.1 Å². The summed E-state index contributed by atoms with van der Waals surface area (Å²) in [5.41, 5.74) is -2.13. The zero-order valence-electron chi connectivity index (χ0n) is 6.95. The second kappa shape index (κ2) is 4.14. The van der Waals surface area contributed by atoms with Crippen molar-refractivity contribution in [3.05, 3.63) is 32.6 Å². The average Bonchev–Trinajstić information content (AvgIpc) is 2.16. The van der Waals surface area contributed by atoms with Crippen LogP contribution in [0.2, 0.25) is 5.02 Å². The standard InChI is InChI=1S/C7H2ClF2N3O2/c8-5-3(1-11)4(13(14)15)2-12-6(5)7(9)10/h2,7H. The van der Waals surface area contributed by atoms with Crippen LogP contribution in [0.25, 0.3) is 0 Å². The van der Waals surface area contributed by atoms with Crippen molar-refractivity contribution < 1.29 is 13.7 Å². The molecule has 1 aromatic rings. The van der Waals surface area contributed by atoms with E-state index in [4.69, 9.17) is 16.9 Å². The molecule has 0 radical (unpaired) electrons. The van der Waals surface area contributed by atoms with Gasteiger partial charge >= 0.3 is 5.69 Å². The fourth-order valence-electron chi connectivity index (χ4n) is 0.889. The summed E-state index contributed by atoms with van der Waals surface area (Å²) in [6, 6.07) is 1.39. The SMILES string of the molecule is N#Cc1c([N+](=O)[O-])cnc(C(F)F)c1Cl. The fourth-order valence-corrected chi connectivity index (χ4v) is 1.16. The molecule has 15 heavy (non-hydrogen) atoms. The van der Waals surface area contributed by atoms with Gasteiger partial charge in [0.15, 0.2) is 5.56 Å². The second-order valence-corrected chi connectivity index (χ2v) is 2.77. The molecule has 0 unspecified atom stereocenters. The molecule has 0 saturated carbocycles. The Hall–Kier alpha value is -1.81. The van der Waals surface area contributed by atoms with Gasteiger partial charge in [0.2, 0.25) is 0 Å². The van der Waals surface area contributed by atoms with Gasteiger partial charge < -0.3 is 0 Å². The van der Waals surface area contributed by atoms with E-state index in [-0.39, 0.29) is 0 Å². The number of nitrogens with zero attached hydrogens (tertiary/aromatic N) is 3. The van der Waals surface area contributed by atoms with Crippen molar-refractivity contribution in [2.75, 3.05) is 0 Å². The van der Waals surface area contributed by atoms with Crippen molar-refractivity contribution in [3.8, 4) is 6.07 Å². The molecule has 0 amide bonds. The van der Waals surface area contributed by atoms with E-state index in [1.807, 2.05) is 0 Å². The summed E-state index contributed by atoms with van der Waals surface area (Å²) in [6.07, 6.45) is -2.39. The molecule has 1 rings (SSSR count). The van der Waals surface area contributed by atoms with Gasteiger partial charge in [0.25, 0.3) is 6.43 Å². The fraction of sp³-hybridized carbons (Fsp3) is 0.143. The molecule has 0 spiro atoms. The Morgan fingerprint density at radius 2 is 2.27 bits per heavy atom. The maximum Gasteiger partial charge on any atom is 0.306 e. The Bertz CT molecular complexity index is 458. The average molecular weight is 234 g/mol. The molecule has 0 aromatic carbocycles. The zero-order chi connectivity index (χ0) is 11.6. The first-order valence-electron chi connectivity index (χ1n) is 3.50. The molecule has 1 heterocycles. The van der Waals surface area contributed by atoms with Crippen LogP contribution in [-0.2, 0) is 0 Å². The van der Waals surface area contributed by atoms with Crippen molar-refractivity contribution in [2.24, 2.45) is 0 Å². The quantitative estimate of drug-likeness (QED) is 0.580. The maximum absolute atomic E-state index is 12.3. The highest BCUT2D eigenvalue weighted by Gasteiger charge is 2.24. The summed E-state index contributed by atoms with van der Waals surface area (Å²) in [4.78, 5) is 12.6. The van der Waals surface area contributed by atoms with Gasteiger partial charge in [0, 0.05) is 0 Å². The number of hydrogen-bond acceptors (Lipinski definition) is 4. The molecule has 0 bridgehead atoms. The molecule has 0 atom stereocenters. The van der Waals surface area contributed by atoms with E-state index in [1.165, 1.54) is 6.07 Å². The molecule has 1 aromatic heterocycles. The Morgan fingerprint density at radius 1 is 1.67 bits per heavy atom. The minimum Gasteiger partial charge on any atom is -0.258 e. The van der Waals surface area contributed by atoms with E-state index in [0.29, 0.717) is 6.20 Å². The summed E-state index contributed by atoms with van der Waals surface area (Å²) in [6.45, 7) is 0. The van der Waals surface area contributed by atoms with Gasteiger partial charge in [0.1, 0.15) is 18.0 Å². The smallest absolute Gasteiger partial charge is 0.258 e. The highest BCUT2D eigenvalue weighted by Crippen LogP contribution is 2.32. The van der Waals surface area contributed by atoms with Gasteiger partial charge in [-0.15, -0.1) is 0 Å². The van der Waals surface area contributed by atoms with Crippen molar-refractivity contribution in [1.29, 1.82) is 5.26 Å². The van der Waals surface area contributed by atoms with Gasteiger partial charge in [-0.05, 0) is 0 Å². The third-order valence-corrected chi connectivity index (χ3v) is 1.92. The van der Waals surface area contributed by atoms with E-state index in [2.05, 4.69) is 4.98 Å². The lowest BCUT2D eigenvalue weighted by atomic mass is 10.2. The highest BCUT2D eigenvalue weighted by molar-refractivity contribution is 6.32.